The number of rotatable bonds is 5. The maximum atomic E-state index is 12.2. The number of nitriles is 1. The molecular weight excluding hydrogens is 394 g/mol. The van der Waals surface area contributed by atoms with Crippen LogP contribution in [-0.4, -0.2) is 49.3 Å². The number of carbonyl (C=O) groups excluding carboxylic acids is 2. The average Bonchev–Trinajstić information content (AvgIpc) is 3.09. The van der Waals surface area contributed by atoms with E-state index in [0.29, 0.717) is 13.1 Å². The van der Waals surface area contributed by atoms with Crippen molar-refractivity contribution in [2.75, 3.05) is 36.0 Å². The van der Waals surface area contributed by atoms with Crippen molar-refractivity contribution < 1.29 is 14.3 Å². The third-order valence-electron chi connectivity index (χ3n) is 6.65. The first-order valence-electron chi connectivity index (χ1n) is 10.4. The normalized spacial score (nSPS) is 28.6. The van der Waals surface area contributed by atoms with Gasteiger partial charge in [0.1, 0.15) is 11.9 Å². The minimum atomic E-state index is -0.469. The Morgan fingerprint density at radius 1 is 1.23 bits per heavy atom. The van der Waals surface area contributed by atoms with Crippen molar-refractivity contribution in [3.05, 3.63) is 54.2 Å². The van der Waals surface area contributed by atoms with E-state index in [1.54, 1.807) is 11.1 Å². The minimum absolute atomic E-state index is 0.155. The number of carbonyl (C=O) groups is 2. The van der Waals surface area contributed by atoms with Crippen LogP contribution in [0.2, 0.25) is 0 Å². The molecule has 1 saturated carbocycles. The Labute approximate surface area is 180 Å². The maximum absolute atomic E-state index is 12.2. The molecule has 8 heteroatoms. The molecule has 1 aromatic carbocycles. The maximum Gasteiger partial charge on any atom is 0.414 e. The van der Waals surface area contributed by atoms with Crippen LogP contribution < -0.4 is 15.1 Å². The largest absolute Gasteiger partial charge is 0.442 e. The van der Waals surface area contributed by atoms with E-state index < -0.39 is 11.5 Å². The molecule has 0 spiro atoms. The molecule has 1 aromatic heterocycles. The van der Waals surface area contributed by atoms with E-state index in [0.717, 1.165) is 30.2 Å². The minimum Gasteiger partial charge on any atom is -0.442 e. The molecule has 0 radical (unpaired) electrons. The third-order valence-corrected chi connectivity index (χ3v) is 6.65. The molecule has 8 nitrogen and oxygen atoms in total. The van der Waals surface area contributed by atoms with Gasteiger partial charge in [0.15, 0.2) is 0 Å². The van der Waals surface area contributed by atoms with Gasteiger partial charge in [-0.1, -0.05) is 18.2 Å². The van der Waals surface area contributed by atoms with Crippen molar-refractivity contribution in [1.29, 1.82) is 5.26 Å². The summed E-state index contributed by atoms with van der Waals surface area (Å²) >= 11 is 0. The number of aromatic nitrogens is 1. The van der Waals surface area contributed by atoms with Gasteiger partial charge in [-0.05, 0) is 29.8 Å². The summed E-state index contributed by atoms with van der Waals surface area (Å²) in [5.41, 5.74) is 1.26. The monoisotopic (exact) mass is 417 g/mol. The second-order valence-electron chi connectivity index (χ2n) is 8.39. The van der Waals surface area contributed by atoms with E-state index in [-0.39, 0.29) is 23.8 Å². The number of cyclic esters (lactones) is 1. The first kappa shape index (κ1) is 19.4. The van der Waals surface area contributed by atoms with Crippen LogP contribution in [0.5, 0.6) is 0 Å². The lowest BCUT2D eigenvalue weighted by molar-refractivity contribution is -0.119. The zero-order valence-electron chi connectivity index (χ0n) is 17.2. The van der Waals surface area contributed by atoms with Crippen molar-refractivity contribution in [2.45, 2.75) is 18.4 Å². The molecule has 0 bridgehead atoms. The SMILES string of the molecule is CC(=O)NC[C@H]1CN(c2ccc(C3(C#N)[C@@H]4CN(c5ccccn5)C[C@@H]43)cc2)C(=O)O1. The van der Waals surface area contributed by atoms with E-state index in [1.165, 1.54) is 6.92 Å². The lowest BCUT2D eigenvalue weighted by atomic mass is 9.91. The molecule has 5 rings (SSSR count). The molecule has 3 fully saturated rings. The van der Waals surface area contributed by atoms with E-state index in [4.69, 9.17) is 4.74 Å². The van der Waals surface area contributed by atoms with Gasteiger partial charge in [-0.2, -0.15) is 5.26 Å². The van der Waals surface area contributed by atoms with Gasteiger partial charge in [0.25, 0.3) is 0 Å². The molecule has 158 valence electrons. The van der Waals surface area contributed by atoms with Gasteiger partial charge < -0.3 is 15.0 Å². The van der Waals surface area contributed by atoms with E-state index in [1.807, 2.05) is 42.5 Å². The highest BCUT2D eigenvalue weighted by atomic mass is 16.6. The molecule has 31 heavy (non-hydrogen) atoms. The van der Waals surface area contributed by atoms with Crippen molar-refractivity contribution >= 4 is 23.5 Å². The lowest BCUT2D eigenvalue weighted by Gasteiger charge is -2.24. The number of piperidine rings is 1. The summed E-state index contributed by atoms with van der Waals surface area (Å²) in [7, 11) is 0. The van der Waals surface area contributed by atoms with Gasteiger partial charge in [0.05, 0.1) is 24.6 Å². The summed E-state index contributed by atoms with van der Waals surface area (Å²) < 4.78 is 5.33. The number of hydrogen-bond donors (Lipinski definition) is 1. The quantitative estimate of drug-likeness (QED) is 0.800. The van der Waals surface area contributed by atoms with E-state index >= 15 is 0 Å². The van der Waals surface area contributed by atoms with E-state index in [2.05, 4.69) is 21.3 Å². The molecule has 2 saturated heterocycles. The fraction of sp³-hybridized carbons (Fsp3) is 0.391. The number of fused-ring (bicyclic) bond motifs is 1. The fourth-order valence-corrected chi connectivity index (χ4v) is 5.03. The summed E-state index contributed by atoms with van der Waals surface area (Å²) in [5, 5.41) is 12.7. The Bertz CT molecular complexity index is 1040. The zero-order chi connectivity index (χ0) is 21.6. The van der Waals surface area contributed by atoms with Gasteiger partial charge in [-0.15, -0.1) is 0 Å². The number of anilines is 2. The average molecular weight is 417 g/mol. The zero-order valence-corrected chi connectivity index (χ0v) is 17.2. The molecule has 3 heterocycles. The third kappa shape index (κ3) is 3.17. The highest BCUT2D eigenvalue weighted by Gasteiger charge is 2.70. The van der Waals surface area contributed by atoms with Gasteiger partial charge >= 0.3 is 6.09 Å². The van der Waals surface area contributed by atoms with Crippen LogP contribution in [0.4, 0.5) is 16.3 Å². The van der Waals surface area contributed by atoms with Crippen molar-refractivity contribution in [3.8, 4) is 6.07 Å². The summed E-state index contributed by atoms with van der Waals surface area (Å²) in [5.74, 6) is 1.36. The topological polar surface area (TPSA) is 98.6 Å². The number of benzene rings is 1. The molecular formula is C23H23N5O3. The number of pyridine rings is 1. The van der Waals surface area contributed by atoms with Crippen LogP contribution in [0.25, 0.3) is 0 Å². The molecule has 4 atom stereocenters. The highest BCUT2D eigenvalue weighted by Crippen LogP contribution is 2.63. The van der Waals surface area contributed by atoms with Gasteiger partial charge in [0, 0.05) is 43.7 Å². The van der Waals surface area contributed by atoms with Crippen molar-refractivity contribution in [2.24, 2.45) is 11.8 Å². The van der Waals surface area contributed by atoms with Crippen LogP contribution >= 0.6 is 0 Å². The second kappa shape index (κ2) is 7.27. The van der Waals surface area contributed by atoms with Crippen LogP contribution in [0.1, 0.15) is 12.5 Å². The van der Waals surface area contributed by atoms with Crippen molar-refractivity contribution in [1.82, 2.24) is 10.3 Å². The summed E-state index contributed by atoms with van der Waals surface area (Å²) in [4.78, 5) is 31.6. The van der Waals surface area contributed by atoms with Gasteiger partial charge in [0.2, 0.25) is 5.91 Å². The number of ether oxygens (including phenoxy) is 1. The number of hydrogen-bond acceptors (Lipinski definition) is 6. The summed E-state index contributed by atoms with van der Waals surface area (Å²) in [6.07, 6.45) is 0.994. The number of nitrogens with zero attached hydrogens (tertiary/aromatic N) is 4. The number of amides is 2. The van der Waals surface area contributed by atoms with Crippen molar-refractivity contribution in [3.63, 3.8) is 0 Å². The molecule has 2 aliphatic heterocycles. The molecule has 2 amide bonds. The first-order chi connectivity index (χ1) is 15.0. The Hall–Kier alpha value is -3.60. The van der Waals surface area contributed by atoms with Crippen LogP contribution in [0, 0.1) is 23.2 Å². The standard InChI is InChI=1S/C23H23N5O3/c1-15(29)26-10-18-11-28(22(30)31-18)17-7-5-16(6-8-17)23(14-24)19-12-27(13-20(19)23)21-4-2-3-9-25-21/h2-9,18-20H,10-13H2,1H3,(H,26,29)/t18-,19-,20+,23?/m0/s1. The molecule has 1 N–H and O–H groups in total. The Kier molecular flexibility index (Phi) is 4.54. The highest BCUT2D eigenvalue weighted by molar-refractivity contribution is 5.89. The molecule has 3 aliphatic rings. The summed E-state index contributed by atoms with van der Waals surface area (Å²) in [6, 6.07) is 16.1. The van der Waals surface area contributed by atoms with Crippen LogP contribution in [0.15, 0.2) is 48.7 Å². The molecule has 1 unspecified atom stereocenters. The van der Waals surface area contributed by atoms with Crippen LogP contribution in [0.3, 0.4) is 0 Å². The van der Waals surface area contributed by atoms with Crippen LogP contribution in [-0.2, 0) is 14.9 Å². The van der Waals surface area contributed by atoms with Gasteiger partial charge in [-0.3, -0.25) is 9.69 Å². The molecule has 2 aromatic rings. The lowest BCUT2D eigenvalue weighted by Crippen LogP contribution is -2.33. The Morgan fingerprint density at radius 2 is 1.97 bits per heavy atom. The first-order valence-corrected chi connectivity index (χ1v) is 10.4. The fourth-order valence-electron chi connectivity index (χ4n) is 5.03. The Balaban J connectivity index is 1.27. The second-order valence-corrected chi connectivity index (χ2v) is 8.39. The Morgan fingerprint density at radius 3 is 2.58 bits per heavy atom. The number of nitrogens with one attached hydrogen (secondary N) is 1. The predicted molar refractivity (Wildman–Crippen MR) is 113 cm³/mol. The molecule has 1 aliphatic carbocycles. The summed E-state index contributed by atoms with van der Waals surface area (Å²) in [6.45, 7) is 3.75. The van der Waals surface area contributed by atoms with E-state index in [9.17, 15) is 14.9 Å². The van der Waals surface area contributed by atoms with Gasteiger partial charge in [-0.25, -0.2) is 9.78 Å². The smallest absolute Gasteiger partial charge is 0.414 e. The predicted octanol–water partition coefficient (Wildman–Crippen LogP) is 2.07.